The summed E-state index contributed by atoms with van der Waals surface area (Å²) in [7, 11) is 0. The highest BCUT2D eigenvalue weighted by Gasteiger charge is 2.29. The summed E-state index contributed by atoms with van der Waals surface area (Å²) in [5, 5.41) is 5.48. The molecular formula is C23H24N2O8S. The molecule has 1 saturated heterocycles. The maximum Gasteiger partial charge on any atom is 0.341 e. The second-order valence-corrected chi connectivity index (χ2v) is 8.97. The zero-order valence-corrected chi connectivity index (χ0v) is 19.5. The van der Waals surface area contributed by atoms with Crippen LogP contribution in [0, 0.1) is 6.92 Å². The SMILES string of the molecule is CCOC(=O)c1c(NC(=O)COC(=O)[C@H]2CCC(=O)N2)sc(C)c1Cc1ccc2c(c1)OCO2. The Hall–Kier alpha value is -3.60. The number of carbonyl (C=O) groups excluding carboxylic acids is 4. The molecule has 11 heteroatoms. The third kappa shape index (κ3) is 5.14. The number of anilines is 1. The molecule has 2 aromatic rings. The summed E-state index contributed by atoms with van der Waals surface area (Å²) in [5.74, 6) is -0.748. The molecule has 2 aliphatic heterocycles. The molecule has 0 spiro atoms. The standard InChI is InChI=1S/C23H24N2O8S/c1-3-30-23(29)20-14(8-13-4-6-16-17(9-13)33-11-32-16)12(2)34-21(20)25-19(27)10-31-22(28)15-5-7-18(26)24-15/h4,6,9,15H,3,5,7-8,10-11H2,1-2H3,(H,24,26)(H,25,27)/t15-/m1/s1. The van der Waals surface area contributed by atoms with E-state index in [1.165, 1.54) is 11.3 Å². The Labute approximate surface area is 199 Å². The van der Waals surface area contributed by atoms with Gasteiger partial charge in [-0.1, -0.05) is 6.07 Å². The lowest BCUT2D eigenvalue weighted by Gasteiger charge is -2.11. The number of rotatable bonds is 8. The Morgan fingerprint density at radius 3 is 2.74 bits per heavy atom. The van der Waals surface area contributed by atoms with Gasteiger partial charge >= 0.3 is 11.9 Å². The van der Waals surface area contributed by atoms with Gasteiger partial charge in [-0.2, -0.15) is 0 Å². The predicted octanol–water partition coefficient (Wildman–Crippen LogP) is 2.31. The molecule has 3 heterocycles. The molecule has 0 bridgehead atoms. The molecule has 0 unspecified atom stereocenters. The molecule has 0 saturated carbocycles. The third-order valence-electron chi connectivity index (χ3n) is 5.38. The van der Waals surface area contributed by atoms with Crippen LogP contribution in [0.2, 0.25) is 0 Å². The molecule has 2 amide bonds. The van der Waals surface area contributed by atoms with Crippen molar-refractivity contribution in [2.75, 3.05) is 25.3 Å². The maximum atomic E-state index is 12.8. The van der Waals surface area contributed by atoms with Crippen LogP contribution in [-0.2, 0) is 30.3 Å². The van der Waals surface area contributed by atoms with Crippen LogP contribution in [0.3, 0.4) is 0 Å². The van der Waals surface area contributed by atoms with Crippen LogP contribution in [0.25, 0.3) is 0 Å². The van der Waals surface area contributed by atoms with Gasteiger partial charge in [0.15, 0.2) is 18.1 Å². The number of hydrogen-bond donors (Lipinski definition) is 2. The Balaban J connectivity index is 1.49. The molecule has 1 atom stereocenters. The summed E-state index contributed by atoms with van der Waals surface area (Å²) in [4.78, 5) is 49.4. The summed E-state index contributed by atoms with van der Waals surface area (Å²) >= 11 is 1.24. The topological polar surface area (TPSA) is 129 Å². The first kappa shape index (κ1) is 23.6. The Morgan fingerprint density at radius 1 is 1.21 bits per heavy atom. The molecule has 1 fully saturated rings. The summed E-state index contributed by atoms with van der Waals surface area (Å²) < 4.78 is 21.1. The normalized spacial score (nSPS) is 16.2. The average molecular weight is 489 g/mol. The molecule has 180 valence electrons. The number of aryl methyl sites for hydroxylation is 1. The highest BCUT2D eigenvalue weighted by molar-refractivity contribution is 7.16. The van der Waals surface area contributed by atoms with Crippen LogP contribution in [0.15, 0.2) is 18.2 Å². The van der Waals surface area contributed by atoms with E-state index < -0.39 is 30.5 Å². The van der Waals surface area contributed by atoms with Crippen molar-refractivity contribution in [2.24, 2.45) is 0 Å². The number of carbonyl (C=O) groups is 4. The number of ether oxygens (including phenoxy) is 4. The molecular weight excluding hydrogens is 464 g/mol. The van der Waals surface area contributed by atoms with Crippen LogP contribution < -0.4 is 20.1 Å². The van der Waals surface area contributed by atoms with E-state index in [0.29, 0.717) is 29.3 Å². The van der Waals surface area contributed by atoms with Crippen molar-refractivity contribution < 1.29 is 38.1 Å². The van der Waals surface area contributed by atoms with Gasteiger partial charge in [0.05, 0.1) is 12.2 Å². The van der Waals surface area contributed by atoms with Crippen molar-refractivity contribution in [1.29, 1.82) is 0 Å². The van der Waals surface area contributed by atoms with E-state index in [4.69, 9.17) is 18.9 Å². The minimum atomic E-state index is -0.743. The van der Waals surface area contributed by atoms with E-state index in [1.54, 1.807) is 6.92 Å². The summed E-state index contributed by atoms with van der Waals surface area (Å²) in [5.41, 5.74) is 1.90. The summed E-state index contributed by atoms with van der Waals surface area (Å²) in [6.07, 6.45) is 0.995. The second-order valence-electron chi connectivity index (χ2n) is 7.74. The van der Waals surface area contributed by atoms with Crippen molar-refractivity contribution >= 4 is 40.1 Å². The fourth-order valence-corrected chi connectivity index (χ4v) is 4.82. The molecule has 2 N–H and O–H groups in total. The van der Waals surface area contributed by atoms with Gasteiger partial charge in [0, 0.05) is 11.3 Å². The van der Waals surface area contributed by atoms with Crippen molar-refractivity contribution in [3.8, 4) is 11.5 Å². The third-order valence-corrected chi connectivity index (χ3v) is 6.45. The Morgan fingerprint density at radius 2 is 2.00 bits per heavy atom. The van der Waals surface area contributed by atoms with Gasteiger partial charge in [0.1, 0.15) is 11.0 Å². The number of nitrogens with one attached hydrogen (secondary N) is 2. The van der Waals surface area contributed by atoms with Gasteiger partial charge in [-0.3, -0.25) is 9.59 Å². The van der Waals surface area contributed by atoms with Crippen molar-refractivity contribution in [3.63, 3.8) is 0 Å². The number of benzene rings is 1. The molecule has 2 aliphatic rings. The smallest absolute Gasteiger partial charge is 0.341 e. The van der Waals surface area contributed by atoms with E-state index in [0.717, 1.165) is 16.0 Å². The van der Waals surface area contributed by atoms with Gasteiger partial charge < -0.3 is 29.6 Å². The molecule has 1 aromatic carbocycles. The van der Waals surface area contributed by atoms with E-state index >= 15 is 0 Å². The predicted molar refractivity (Wildman–Crippen MR) is 121 cm³/mol. The molecule has 0 radical (unpaired) electrons. The highest BCUT2D eigenvalue weighted by Crippen LogP contribution is 2.37. The van der Waals surface area contributed by atoms with E-state index in [-0.39, 0.29) is 31.3 Å². The fourth-order valence-electron chi connectivity index (χ4n) is 3.74. The highest BCUT2D eigenvalue weighted by atomic mass is 32.1. The summed E-state index contributed by atoms with van der Waals surface area (Å²) in [6.45, 7) is 3.36. The lowest BCUT2D eigenvalue weighted by Crippen LogP contribution is -2.36. The molecule has 10 nitrogen and oxygen atoms in total. The van der Waals surface area contributed by atoms with Gasteiger partial charge in [0.25, 0.3) is 5.91 Å². The first-order valence-electron chi connectivity index (χ1n) is 10.8. The van der Waals surface area contributed by atoms with E-state index in [9.17, 15) is 19.2 Å². The van der Waals surface area contributed by atoms with Crippen molar-refractivity contribution in [1.82, 2.24) is 5.32 Å². The zero-order valence-electron chi connectivity index (χ0n) is 18.7. The number of esters is 2. The molecule has 0 aliphatic carbocycles. The number of fused-ring (bicyclic) bond motifs is 1. The van der Waals surface area contributed by atoms with Gasteiger partial charge in [0.2, 0.25) is 12.7 Å². The maximum absolute atomic E-state index is 12.8. The van der Waals surface area contributed by atoms with E-state index in [2.05, 4.69) is 10.6 Å². The van der Waals surface area contributed by atoms with Crippen LogP contribution >= 0.6 is 11.3 Å². The van der Waals surface area contributed by atoms with Gasteiger partial charge in [-0.05, 0) is 49.9 Å². The zero-order chi connectivity index (χ0) is 24.2. The number of amides is 2. The molecule has 1 aromatic heterocycles. The quantitative estimate of drug-likeness (QED) is 0.542. The van der Waals surface area contributed by atoms with E-state index in [1.807, 2.05) is 25.1 Å². The Kier molecular flexibility index (Phi) is 7.01. The lowest BCUT2D eigenvalue weighted by atomic mass is 10.0. The van der Waals surface area contributed by atoms with Gasteiger partial charge in [-0.15, -0.1) is 11.3 Å². The largest absolute Gasteiger partial charge is 0.462 e. The van der Waals surface area contributed by atoms with Crippen molar-refractivity contribution in [3.05, 3.63) is 39.8 Å². The average Bonchev–Trinajstić information content (AvgIpc) is 3.51. The minimum Gasteiger partial charge on any atom is -0.462 e. The van der Waals surface area contributed by atoms with Crippen LogP contribution in [-0.4, -0.2) is 49.8 Å². The minimum absolute atomic E-state index is 0.165. The van der Waals surface area contributed by atoms with Gasteiger partial charge in [-0.25, -0.2) is 9.59 Å². The van der Waals surface area contributed by atoms with Crippen molar-refractivity contribution in [2.45, 2.75) is 39.2 Å². The van der Waals surface area contributed by atoms with Crippen LogP contribution in [0.1, 0.15) is 46.1 Å². The monoisotopic (exact) mass is 488 g/mol. The Bertz CT molecular complexity index is 1140. The first-order valence-corrected chi connectivity index (χ1v) is 11.6. The lowest BCUT2D eigenvalue weighted by molar-refractivity contribution is -0.149. The van der Waals surface area contributed by atoms with Crippen LogP contribution in [0.5, 0.6) is 11.5 Å². The fraction of sp³-hybridized carbons (Fsp3) is 0.391. The number of hydrogen-bond acceptors (Lipinski definition) is 9. The molecule has 34 heavy (non-hydrogen) atoms. The first-order chi connectivity index (χ1) is 16.4. The molecule has 4 rings (SSSR count). The van der Waals surface area contributed by atoms with Crippen LogP contribution in [0.4, 0.5) is 5.00 Å². The number of thiophene rings is 1. The summed E-state index contributed by atoms with van der Waals surface area (Å²) in [6, 6.07) is 4.81. The second kappa shape index (κ2) is 10.1.